The van der Waals surface area contributed by atoms with Crippen LogP contribution in [-0.2, 0) is 6.42 Å². The fourth-order valence-electron chi connectivity index (χ4n) is 1.93. The molecule has 0 aromatic carbocycles. The van der Waals surface area contributed by atoms with E-state index in [1.165, 1.54) is 31.9 Å². The quantitative estimate of drug-likeness (QED) is 0.548. The minimum absolute atomic E-state index is 1.10. The third-order valence-electron chi connectivity index (χ3n) is 2.85. The van der Waals surface area contributed by atoms with Crippen LogP contribution in [0.1, 0.15) is 27.8 Å². The molecule has 0 radical (unpaired) electrons. The third kappa shape index (κ3) is 1.16. The van der Waals surface area contributed by atoms with E-state index in [2.05, 4.69) is 34.3 Å². The van der Waals surface area contributed by atoms with Crippen LogP contribution in [0.4, 0.5) is 0 Å². The van der Waals surface area contributed by atoms with E-state index in [4.69, 9.17) is 0 Å². The Morgan fingerprint density at radius 1 is 1.38 bits per heavy atom. The fraction of sp³-hybridized carbons (Fsp3) is 0.364. The molecule has 0 saturated carbocycles. The molecule has 13 heavy (non-hydrogen) atoms. The SMILES string of the molecule is B=C1/C(=C/C)Cc2sc(C)c(C)c21. The Balaban J connectivity index is 2.61. The van der Waals surface area contributed by atoms with Gasteiger partial charge >= 0.3 is 84.0 Å². The molecule has 0 amide bonds. The van der Waals surface area contributed by atoms with Crippen molar-refractivity contribution in [2.75, 3.05) is 0 Å². The van der Waals surface area contributed by atoms with E-state index in [1.807, 2.05) is 11.3 Å². The monoisotopic (exact) mass is 188 g/mol. The Bertz CT molecular complexity index is 410. The average Bonchev–Trinajstić information content (AvgIpc) is 2.54. The van der Waals surface area contributed by atoms with Crippen LogP contribution in [0.15, 0.2) is 11.6 Å². The molecular formula is C11H13BS. The first-order chi connectivity index (χ1) is 6.15. The van der Waals surface area contributed by atoms with Gasteiger partial charge in [0.25, 0.3) is 0 Å². The van der Waals surface area contributed by atoms with Gasteiger partial charge < -0.3 is 0 Å². The number of thiophene rings is 1. The van der Waals surface area contributed by atoms with Gasteiger partial charge in [-0.05, 0) is 0 Å². The van der Waals surface area contributed by atoms with Gasteiger partial charge in [-0.3, -0.25) is 0 Å². The van der Waals surface area contributed by atoms with E-state index >= 15 is 0 Å². The van der Waals surface area contributed by atoms with Crippen LogP contribution in [0.5, 0.6) is 0 Å². The summed E-state index contributed by atoms with van der Waals surface area (Å²) >= 11 is 1.92. The molecule has 1 heterocycles. The van der Waals surface area contributed by atoms with E-state index in [0.29, 0.717) is 0 Å². The number of allylic oxidation sites excluding steroid dienone is 2. The molecule has 1 aliphatic carbocycles. The zero-order valence-corrected chi connectivity index (χ0v) is 9.22. The van der Waals surface area contributed by atoms with Crippen LogP contribution >= 0.6 is 11.3 Å². The minimum atomic E-state index is 1.10. The van der Waals surface area contributed by atoms with Gasteiger partial charge in [0.05, 0.1) is 0 Å². The van der Waals surface area contributed by atoms with E-state index in [1.54, 1.807) is 0 Å². The molecule has 0 atom stereocenters. The predicted molar refractivity (Wildman–Crippen MR) is 62.5 cm³/mol. The van der Waals surface area contributed by atoms with Crippen LogP contribution < -0.4 is 0 Å². The van der Waals surface area contributed by atoms with Gasteiger partial charge in [-0.1, -0.05) is 0 Å². The summed E-state index contributed by atoms with van der Waals surface area (Å²) in [4.78, 5) is 2.95. The van der Waals surface area contributed by atoms with Crippen molar-refractivity contribution in [3.05, 3.63) is 32.5 Å². The first kappa shape index (κ1) is 8.95. The van der Waals surface area contributed by atoms with Crippen LogP contribution in [-0.4, -0.2) is 13.0 Å². The van der Waals surface area contributed by atoms with Crippen LogP contribution in [0.3, 0.4) is 0 Å². The fourth-order valence-corrected chi connectivity index (χ4v) is 3.16. The maximum atomic E-state index is 4.16. The molecule has 0 bridgehead atoms. The van der Waals surface area contributed by atoms with Gasteiger partial charge in [0.2, 0.25) is 0 Å². The number of hydrogen-bond donors (Lipinski definition) is 0. The van der Waals surface area contributed by atoms with Crippen molar-refractivity contribution >= 4 is 24.3 Å². The second-order valence-electron chi connectivity index (χ2n) is 3.55. The molecule has 2 rings (SSSR count). The maximum absolute atomic E-state index is 4.16. The topological polar surface area (TPSA) is 0 Å². The summed E-state index contributed by atoms with van der Waals surface area (Å²) in [6, 6.07) is 0. The molecule has 66 valence electrons. The summed E-state index contributed by atoms with van der Waals surface area (Å²) in [6.45, 7) is 6.49. The number of fused-ring (bicyclic) bond motifs is 1. The van der Waals surface area contributed by atoms with Crippen molar-refractivity contribution in [3.63, 3.8) is 0 Å². The summed E-state index contributed by atoms with van der Waals surface area (Å²) in [5, 5.41) is 0. The summed E-state index contributed by atoms with van der Waals surface area (Å²) < 4.78 is 0. The number of rotatable bonds is 0. The molecule has 0 aliphatic heterocycles. The summed E-state index contributed by atoms with van der Waals surface area (Å²) in [6.07, 6.45) is 3.29. The van der Waals surface area contributed by atoms with Gasteiger partial charge in [-0.25, -0.2) is 0 Å². The van der Waals surface area contributed by atoms with Crippen molar-refractivity contribution in [1.29, 1.82) is 0 Å². The van der Waals surface area contributed by atoms with Crippen LogP contribution in [0.25, 0.3) is 0 Å². The zero-order valence-electron chi connectivity index (χ0n) is 8.40. The van der Waals surface area contributed by atoms with Crippen LogP contribution in [0, 0.1) is 13.8 Å². The molecule has 1 aromatic rings. The van der Waals surface area contributed by atoms with Crippen molar-refractivity contribution in [3.8, 4) is 0 Å². The molecule has 2 heteroatoms. The Labute approximate surface area is 84.4 Å². The first-order valence-corrected chi connectivity index (χ1v) is 5.40. The van der Waals surface area contributed by atoms with Crippen LogP contribution in [0.2, 0.25) is 0 Å². The average molecular weight is 188 g/mol. The Kier molecular flexibility index (Phi) is 2.03. The molecule has 0 spiro atoms. The van der Waals surface area contributed by atoms with E-state index < -0.39 is 0 Å². The molecule has 0 unspecified atom stereocenters. The molecule has 0 nitrogen and oxygen atoms in total. The molecule has 0 N–H and O–H groups in total. The van der Waals surface area contributed by atoms with E-state index in [0.717, 1.165) is 6.42 Å². The van der Waals surface area contributed by atoms with Crippen molar-refractivity contribution in [2.45, 2.75) is 27.2 Å². The molecule has 0 saturated heterocycles. The summed E-state index contributed by atoms with van der Waals surface area (Å²) in [7, 11) is 4.16. The van der Waals surface area contributed by atoms with E-state index in [9.17, 15) is 0 Å². The van der Waals surface area contributed by atoms with Gasteiger partial charge in [0.15, 0.2) is 0 Å². The Morgan fingerprint density at radius 3 is 2.62 bits per heavy atom. The normalized spacial score (nSPS) is 18.3. The van der Waals surface area contributed by atoms with Crippen molar-refractivity contribution < 1.29 is 0 Å². The standard InChI is InChI=1S/C11H13BS/c1-4-8-5-9-10(11(8)12)6(2)7(3)13-9/h4,12H,5H2,1-3H3/b8-4+. The Hall–Kier alpha value is -0.625. The third-order valence-corrected chi connectivity index (χ3v) is 4.05. The Morgan fingerprint density at radius 2 is 2.08 bits per heavy atom. The summed E-state index contributed by atoms with van der Waals surface area (Å²) in [5.41, 5.74) is 5.51. The number of hydrogen-bond acceptors (Lipinski definition) is 1. The van der Waals surface area contributed by atoms with Crippen molar-refractivity contribution in [2.24, 2.45) is 0 Å². The molecule has 0 fully saturated rings. The van der Waals surface area contributed by atoms with Gasteiger partial charge in [-0.2, -0.15) is 0 Å². The second kappa shape index (κ2) is 2.95. The second-order valence-corrected chi connectivity index (χ2v) is 4.86. The molecule has 1 aromatic heterocycles. The molecular weight excluding hydrogens is 175 g/mol. The van der Waals surface area contributed by atoms with Gasteiger partial charge in [0, 0.05) is 0 Å². The number of aryl methyl sites for hydroxylation is 1. The van der Waals surface area contributed by atoms with Gasteiger partial charge in [0.1, 0.15) is 0 Å². The van der Waals surface area contributed by atoms with Gasteiger partial charge in [-0.15, -0.1) is 0 Å². The van der Waals surface area contributed by atoms with E-state index in [-0.39, 0.29) is 0 Å². The first-order valence-electron chi connectivity index (χ1n) is 4.58. The summed E-state index contributed by atoms with van der Waals surface area (Å²) in [5.74, 6) is 0. The zero-order chi connectivity index (χ0) is 9.59. The molecule has 1 aliphatic rings. The predicted octanol–water partition coefficient (Wildman–Crippen LogP) is 2.29. The van der Waals surface area contributed by atoms with Crippen molar-refractivity contribution in [1.82, 2.24) is 0 Å².